The van der Waals surface area contributed by atoms with E-state index in [1.54, 1.807) is 6.92 Å². The molecule has 1 atom stereocenters. The van der Waals surface area contributed by atoms with Gasteiger partial charge in [0.25, 0.3) is 0 Å². The van der Waals surface area contributed by atoms with Crippen molar-refractivity contribution < 1.29 is 9.59 Å². The number of aryl methyl sites for hydroxylation is 1. The van der Waals surface area contributed by atoms with Gasteiger partial charge >= 0.3 is 6.03 Å². The lowest BCUT2D eigenvalue weighted by Gasteiger charge is -2.21. The maximum atomic E-state index is 12.6. The first-order valence-corrected chi connectivity index (χ1v) is 10.9. The predicted octanol–water partition coefficient (Wildman–Crippen LogP) is 4.35. The molecule has 0 aliphatic rings. The van der Waals surface area contributed by atoms with Gasteiger partial charge in [0, 0.05) is 16.8 Å². The van der Waals surface area contributed by atoms with Crippen molar-refractivity contribution in [3.8, 4) is 17.1 Å². The molecule has 162 valence electrons. The predicted molar refractivity (Wildman–Crippen MR) is 123 cm³/mol. The third-order valence-corrected chi connectivity index (χ3v) is 5.38. The largest absolute Gasteiger partial charge is 0.333 e. The molecule has 3 rings (SSSR count). The molecule has 0 spiro atoms. The minimum atomic E-state index is -0.553. The summed E-state index contributed by atoms with van der Waals surface area (Å²) >= 11 is 1.25. The Hall–Kier alpha value is -3.13. The highest BCUT2D eigenvalue weighted by atomic mass is 32.2. The first kappa shape index (κ1) is 22.6. The normalized spacial score (nSPS) is 12.3. The van der Waals surface area contributed by atoms with Gasteiger partial charge in [0.2, 0.25) is 5.91 Å². The summed E-state index contributed by atoms with van der Waals surface area (Å²) in [7, 11) is 0. The quantitative estimate of drug-likeness (QED) is 0.580. The topological polar surface area (TPSA) is 88.9 Å². The number of carbonyl (C=O) groups excluding carboxylic acids is 2. The lowest BCUT2D eigenvalue weighted by atomic mass is 10.1. The van der Waals surface area contributed by atoms with Crippen molar-refractivity contribution in [3.05, 3.63) is 60.2 Å². The zero-order chi connectivity index (χ0) is 22.6. The third kappa shape index (κ3) is 5.95. The molecule has 8 heteroatoms. The van der Waals surface area contributed by atoms with Gasteiger partial charge in [-0.3, -0.25) is 14.7 Å². The number of rotatable bonds is 5. The summed E-state index contributed by atoms with van der Waals surface area (Å²) in [5.74, 6) is 0.288. The Morgan fingerprint density at radius 3 is 2.26 bits per heavy atom. The second kappa shape index (κ2) is 9.34. The van der Waals surface area contributed by atoms with Crippen LogP contribution in [0, 0.1) is 6.92 Å². The number of urea groups is 1. The summed E-state index contributed by atoms with van der Waals surface area (Å²) in [5.41, 5.74) is 2.53. The minimum Gasteiger partial charge on any atom is -0.333 e. The molecule has 0 fully saturated rings. The summed E-state index contributed by atoms with van der Waals surface area (Å²) in [6, 6.07) is 17.3. The smallest absolute Gasteiger partial charge is 0.321 e. The fraction of sp³-hybridized carbons (Fsp3) is 0.304. The summed E-state index contributed by atoms with van der Waals surface area (Å²) in [6.07, 6.45) is 0. The second-order valence-electron chi connectivity index (χ2n) is 8.30. The van der Waals surface area contributed by atoms with Crippen molar-refractivity contribution in [1.82, 2.24) is 25.4 Å². The van der Waals surface area contributed by atoms with Gasteiger partial charge in [0.1, 0.15) is 0 Å². The summed E-state index contributed by atoms with van der Waals surface area (Å²) in [6.45, 7) is 9.32. The Kier molecular flexibility index (Phi) is 6.80. The lowest BCUT2D eigenvalue weighted by Crippen LogP contribution is -2.49. The van der Waals surface area contributed by atoms with E-state index in [4.69, 9.17) is 0 Å². The number of aromatic nitrogens is 3. The first-order valence-electron chi connectivity index (χ1n) is 10.0. The van der Waals surface area contributed by atoms with Crippen molar-refractivity contribution in [3.63, 3.8) is 0 Å². The van der Waals surface area contributed by atoms with Gasteiger partial charge < -0.3 is 5.32 Å². The molecule has 31 heavy (non-hydrogen) atoms. The number of benzene rings is 2. The van der Waals surface area contributed by atoms with E-state index < -0.39 is 22.7 Å². The van der Waals surface area contributed by atoms with Crippen LogP contribution in [-0.4, -0.2) is 37.5 Å². The summed E-state index contributed by atoms with van der Waals surface area (Å²) in [4.78, 5) is 24.6. The molecule has 0 bridgehead atoms. The molecule has 0 saturated carbocycles. The second-order valence-corrected chi connectivity index (χ2v) is 9.60. The summed E-state index contributed by atoms with van der Waals surface area (Å²) in [5, 5.41) is 13.9. The fourth-order valence-electron chi connectivity index (χ4n) is 2.84. The van der Waals surface area contributed by atoms with Crippen LogP contribution in [0.5, 0.6) is 0 Å². The number of hydrogen-bond acceptors (Lipinski definition) is 5. The molecule has 1 unspecified atom stereocenters. The maximum Gasteiger partial charge on any atom is 0.321 e. The Bertz CT molecular complexity index is 1060. The van der Waals surface area contributed by atoms with Gasteiger partial charge in [-0.2, -0.15) is 0 Å². The van der Waals surface area contributed by atoms with E-state index in [2.05, 4.69) is 20.8 Å². The number of imide groups is 1. The Morgan fingerprint density at radius 2 is 1.65 bits per heavy atom. The zero-order valence-corrected chi connectivity index (χ0v) is 19.2. The van der Waals surface area contributed by atoms with Gasteiger partial charge in [0.05, 0.1) is 5.25 Å². The average molecular weight is 438 g/mol. The van der Waals surface area contributed by atoms with E-state index >= 15 is 0 Å². The molecule has 0 saturated heterocycles. The van der Waals surface area contributed by atoms with E-state index in [0.29, 0.717) is 11.0 Å². The number of hydrogen-bond donors (Lipinski definition) is 2. The highest BCUT2D eigenvalue weighted by Gasteiger charge is 2.24. The van der Waals surface area contributed by atoms with Crippen molar-refractivity contribution in [2.24, 2.45) is 0 Å². The van der Waals surface area contributed by atoms with Crippen LogP contribution in [0.25, 0.3) is 17.1 Å². The molecular weight excluding hydrogens is 410 g/mol. The Morgan fingerprint density at radius 1 is 1.00 bits per heavy atom. The molecule has 1 heterocycles. The molecule has 2 N–H and O–H groups in total. The van der Waals surface area contributed by atoms with E-state index in [9.17, 15) is 9.59 Å². The molecule has 0 radical (unpaired) electrons. The van der Waals surface area contributed by atoms with Gasteiger partial charge in [-0.1, -0.05) is 59.8 Å². The molecule has 7 nitrogen and oxygen atoms in total. The highest BCUT2D eigenvalue weighted by molar-refractivity contribution is 8.00. The van der Waals surface area contributed by atoms with Gasteiger partial charge in [0.15, 0.2) is 11.0 Å². The fourth-order valence-corrected chi connectivity index (χ4v) is 3.71. The molecule has 0 aliphatic heterocycles. The Balaban J connectivity index is 1.87. The molecule has 1 aromatic heterocycles. The SMILES string of the molecule is Cc1ccc(-n2c(SC(C)C(=O)NC(=O)NC(C)(C)C)nnc2-c2ccccc2)cc1. The van der Waals surface area contributed by atoms with E-state index in [1.165, 1.54) is 11.8 Å². The third-order valence-electron chi connectivity index (χ3n) is 4.33. The number of thioether (sulfide) groups is 1. The van der Waals surface area contributed by atoms with Crippen LogP contribution in [0.4, 0.5) is 4.79 Å². The van der Waals surface area contributed by atoms with Crippen molar-refractivity contribution in [1.29, 1.82) is 0 Å². The van der Waals surface area contributed by atoms with Crippen molar-refractivity contribution in [2.75, 3.05) is 0 Å². The van der Waals surface area contributed by atoms with Crippen molar-refractivity contribution in [2.45, 2.75) is 50.6 Å². The van der Waals surface area contributed by atoms with Crippen LogP contribution < -0.4 is 10.6 Å². The molecule has 3 amide bonds. The average Bonchev–Trinajstić information content (AvgIpc) is 3.11. The lowest BCUT2D eigenvalue weighted by molar-refractivity contribution is -0.119. The van der Waals surface area contributed by atoms with Crippen LogP contribution in [0.2, 0.25) is 0 Å². The number of nitrogens with one attached hydrogen (secondary N) is 2. The van der Waals surface area contributed by atoms with E-state index in [0.717, 1.165) is 16.8 Å². The molecule has 0 aliphatic carbocycles. The van der Waals surface area contributed by atoms with Crippen LogP contribution in [0.3, 0.4) is 0 Å². The molecule has 3 aromatic rings. The highest BCUT2D eigenvalue weighted by Crippen LogP contribution is 2.30. The van der Waals surface area contributed by atoms with Crippen LogP contribution >= 0.6 is 11.8 Å². The zero-order valence-electron chi connectivity index (χ0n) is 18.3. The van der Waals surface area contributed by atoms with Gasteiger partial charge in [-0.15, -0.1) is 10.2 Å². The summed E-state index contributed by atoms with van der Waals surface area (Å²) < 4.78 is 1.93. The molecular formula is C23H27N5O2S. The van der Waals surface area contributed by atoms with Crippen LogP contribution in [-0.2, 0) is 4.79 Å². The standard InChI is InChI=1S/C23H27N5O2S/c1-15-11-13-18(14-12-15)28-19(17-9-7-6-8-10-17)26-27-22(28)31-16(2)20(29)24-21(30)25-23(3,4)5/h6-14,16H,1-5H3,(H2,24,25,29,30). The number of nitrogens with zero attached hydrogens (tertiary/aromatic N) is 3. The monoisotopic (exact) mass is 437 g/mol. The maximum absolute atomic E-state index is 12.6. The van der Waals surface area contributed by atoms with Crippen LogP contribution in [0.15, 0.2) is 59.8 Å². The van der Waals surface area contributed by atoms with E-state index in [-0.39, 0.29) is 0 Å². The van der Waals surface area contributed by atoms with Gasteiger partial charge in [-0.25, -0.2) is 4.79 Å². The Labute approximate surface area is 186 Å². The van der Waals surface area contributed by atoms with Crippen molar-refractivity contribution >= 4 is 23.7 Å². The van der Waals surface area contributed by atoms with Gasteiger partial charge in [-0.05, 0) is 46.8 Å². The molecule has 2 aromatic carbocycles. The minimum absolute atomic E-state index is 0.397. The van der Waals surface area contributed by atoms with E-state index in [1.807, 2.05) is 86.9 Å². The van der Waals surface area contributed by atoms with Crippen LogP contribution in [0.1, 0.15) is 33.3 Å². The first-order chi connectivity index (χ1) is 14.6. The number of carbonyl (C=O) groups is 2. The number of amides is 3.